The first-order valence-corrected chi connectivity index (χ1v) is 6.42. The Balaban J connectivity index is 2.20. The zero-order valence-electron chi connectivity index (χ0n) is 9.29. The van der Waals surface area contributed by atoms with Gasteiger partial charge in [-0.05, 0) is 47.9 Å². The van der Waals surface area contributed by atoms with Gasteiger partial charge in [0.05, 0.1) is 6.04 Å². The van der Waals surface area contributed by atoms with E-state index in [-0.39, 0.29) is 11.9 Å². The predicted octanol–water partition coefficient (Wildman–Crippen LogP) is 3.58. The van der Waals surface area contributed by atoms with Crippen LogP contribution in [0.1, 0.15) is 17.4 Å². The fraction of sp³-hybridized carbons (Fsp3) is 0.167. The molecule has 1 aromatic carbocycles. The Labute approximate surface area is 117 Å². The van der Waals surface area contributed by atoms with Crippen LogP contribution >= 0.6 is 27.5 Å². The summed E-state index contributed by atoms with van der Waals surface area (Å²) < 4.78 is 19.0. The summed E-state index contributed by atoms with van der Waals surface area (Å²) in [5, 5.41) is 0.309. The highest BCUT2D eigenvalue weighted by Gasteiger charge is 2.16. The van der Waals surface area contributed by atoms with Gasteiger partial charge in [0.2, 0.25) is 0 Å². The molecule has 18 heavy (non-hydrogen) atoms. The van der Waals surface area contributed by atoms with Crippen LogP contribution in [0.25, 0.3) is 0 Å². The zero-order chi connectivity index (χ0) is 13.1. The number of nitrogens with one attached hydrogen (secondary N) is 1. The summed E-state index contributed by atoms with van der Waals surface area (Å²) in [4.78, 5) is 0. The molecule has 6 heteroatoms. The van der Waals surface area contributed by atoms with Crippen molar-refractivity contribution in [1.29, 1.82) is 0 Å². The van der Waals surface area contributed by atoms with Crippen molar-refractivity contribution in [3.05, 3.63) is 57.2 Å². The van der Waals surface area contributed by atoms with E-state index in [1.54, 1.807) is 18.2 Å². The van der Waals surface area contributed by atoms with Crippen LogP contribution in [-0.4, -0.2) is 0 Å². The summed E-state index contributed by atoms with van der Waals surface area (Å²) in [7, 11) is 0. The SMILES string of the molecule is NNC(Cc1ccc(F)cc1Br)c1ccc(Cl)o1. The number of hydrogen-bond donors (Lipinski definition) is 2. The second kappa shape index (κ2) is 5.84. The quantitative estimate of drug-likeness (QED) is 0.664. The summed E-state index contributed by atoms with van der Waals surface area (Å²) in [6.07, 6.45) is 0.557. The first-order valence-electron chi connectivity index (χ1n) is 5.25. The van der Waals surface area contributed by atoms with Gasteiger partial charge in [-0.1, -0.05) is 22.0 Å². The number of furan rings is 1. The lowest BCUT2D eigenvalue weighted by Crippen LogP contribution is -2.29. The van der Waals surface area contributed by atoms with Crippen LogP contribution in [0.4, 0.5) is 4.39 Å². The normalized spacial score (nSPS) is 12.7. The topological polar surface area (TPSA) is 51.2 Å². The summed E-state index contributed by atoms with van der Waals surface area (Å²) in [5.74, 6) is 5.85. The van der Waals surface area contributed by atoms with Crippen molar-refractivity contribution in [2.75, 3.05) is 0 Å². The summed E-state index contributed by atoms with van der Waals surface area (Å²) in [6, 6.07) is 7.71. The van der Waals surface area contributed by atoms with Crippen molar-refractivity contribution in [1.82, 2.24) is 5.43 Å². The highest BCUT2D eigenvalue weighted by Crippen LogP contribution is 2.26. The van der Waals surface area contributed by atoms with Crippen LogP contribution in [0, 0.1) is 5.82 Å². The summed E-state index contributed by atoms with van der Waals surface area (Å²) >= 11 is 9.04. The molecule has 0 saturated carbocycles. The summed E-state index contributed by atoms with van der Waals surface area (Å²) in [6.45, 7) is 0. The Bertz CT molecular complexity index is 547. The van der Waals surface area contributed by atoms with Gasteiger partial charge in [0.1, 0.15) is 11.6 Å². The molecule has 2 rings (SSSR count). The van der Waals surface area contributed by atoms with E-state index < -0.39 is 0 Å². The molecule has 0 spiro atoms. The number of rotatable bonds is 4. The second-order valence-electron chi connectivity index (χ2n) is 3.80. The van der Waals surface area contributed by atoms with Crippen LogP contribution in [0.15, 0.2) is 39.2 Å². The highest BCUT2D eigenvalue weighted by atomic mass is 79.9. The molecular weight excluding hydrogens is 322 g/mol. The molecule has 0 fully saturated rings. The third kappa shape index (κ3) is 3.11. The molecule has 0 amide bonds. The van der Waals surface area contributed by atoms with E-state index in [1.807, 2.05) is 0 Å². The average molecular weight is 334 g/mol. The maximum Gasteiger partial charge on any atom is 0.193 e. The van der Waals surface area contributed by atoms with E-state index in [2.05, 4.69) is 21.4 Å². The fourth-order valence-corrected chi connectivity index (χ4v) is 2.33. The highest BCUT2D eigenvalue weighted by molar-refractivity contribution is 9.10. The Morgan fingerprint density at radius 1 is 1.39 bits per heavy atom. The first-order chi connectivity index (χ1) is 8.60. The molecule has 0 aliphatic heterocycles. The van der Waals surface area contributed by atoms with Gasteiger partial charge in [-0.25, -0.2) is 9.82 Å². The van der Waals surface area contributed by atoms with Crippen LogP contribution in [0.5, 0.6) is 0 Å². The Hall–Kier alpha value is -0.880. The third-order valence-electron chi connectivity index (χ3n) is 2.58. The average Bonchev–Trinajstić information content (AvgIpc) is 2.75. The van der Waals surface area contributed by atoms with Gasteiger partial charge in [-0.15, -0.1) is 0 Å². The molecule has 0 aliphatic rings. The Morgan fingerprint density at radius 2 is 2.17 bits per heavy atom. The minimum atomic E-state index is -0.288. The molecule has 1 unspecified atom stereocenters. The largest absolute Gasteiger partial charge is 0.448 e. The number of hydrogen-bond acceptors (Lipinski definition) is 3. The van der Waals surface area contributed by atoms with E-state index in [9.17, 15) is 4.39 Å². The van der Waals surface area contributed by atoms with Gasteiger partial charge in [0, 0.05) is 4.47 Å². The van der Waals surface area contributed by atoms with Crippen LogP contribution in [0.3, 0.4) is 0 Å². The molecule has 0 saturated heterocycles. The fourth-order valence-electron chi connectivity index (χ4n) is 1.66. The van der Waals surface area contributed by atoms with Crippen LogP contribution in [0.2, 0.25) is 5.22 Å². The Morgan fingerprint density at radius 3 is 2.72 bits per heavy atom. The molecule has 96 valence electrons. The van der Waals surface area contributed by atoms with E-state index in [0.717, 1.165) is 5.56 Å². The molecule has 0 bridgehead atoms. The minimum absolute atomic E-state index is 0.223. The molecule has 0 aliphatic carbocycles. The smallest absolute Gasteiger partial charge is 0.193 e. The van der Waals surface area contributed by atoms with Crippen molar-refractivity contribution in [2.45, 2.75) is 12.5 Å². The summed E-state index contributed by atoms with van der Waals surface area (Å²) in [5.41, 5.74) is 3.58. The lowest BCUT2D eigenvalue weighted by molar-refractivity contribution is 0.416. The zero-order valence-corrected chi connectivity index (χ0v) is 11.6. The van der Waals surface area contributed by atoms with Gasteiger partial charge < -0.3 is 4.42 Å². The van der Waals surface area contributed by atoms with Crippen molar-refractivity contribution in [3.8, 4) is 0 Å². The maximum absolute atomic E-state index is 13.0. The number of benzene rings is 1. The van der Waals surface area contributed by atoms with Gasteiger partial charge >= 0.3 is 0 Å². The third-order valence-corrected chi connectivity index (χ3v) is 3.52. The second-order valence-corrected chi connectivity index (χ2v) is 5.03. The lowest BCUT2D eigenvalue weighted by atomic mass is 10.0. The van der Waals surface area contributed by atoms with E-state index in [0.29, 0.717) is 21.9 Å². The molecule has 3 nitrogen and oxygen atoms in total. The number of nitrogens with two attached hydrogens (primary N) is 1. The maximum atomic E-state index is 13.0. The number of halogens is 3. The number of hydrazine groups is 1. The van der Waals surface area contributed by atoms with Crippen molar-refractivity contribution in [2.24, 2.45) is 5.84 Å². The van der Waals surface area contributed by atoms with Crippen molar-refractivity contribution in [3.63, 3.8) is 0 Å². The van der Waals surface area contributed by atoms with Gasteiger partial charge in [0.15, 0.2) is 5.22 Å². The lowest BCUT2D eigenvalue weighted by Gasteiger charge is -2.14. The standard InChI is InChI=1S/C12H11BrClFN2O/c13-9-6-8(15)2-1-7(9)5-10(17-16)11-3-4-12(14)18-11/h1-4,6,10,17H,5,16H2. The molecule has 1 atom stereocenters. The van der Waals surface area contributed by atoms with Crippen molar-refractivity contribution < 1.29 is 8.81 Å². The molecular formula is C12H11BrClFN2O. The molecule has 0 radical (unpaired) electrons. The molecule has 2 aromatic rings. The van der Waals surface area contributed by atoms with Gasteiger partial charge in [-0.2, -0.15) is 0 Å². The Kier molecular flexibility index (Phi) is 4.40. The van der Waals surface area contributed by atoms with E-state index >= 15 is 0 Å². The van der Waals surface area contributed by atoms with E-state index in [1.165, 1.54) is 12.1 Å². The monoisotopic (exact) mass is 332 g/mol. The van der Waals surface area contributed by atoms with Gasteiger partial charge in [-0.3, -0.25) is 5.84 Å². The van der Waals surface area contributed by atoms with Gasteiger partial charge in [0.25, 0.3) is 0 Å². The van der Waals surface area contributed by atoms with Crippen molar-refractivity contribution >= 4 is 27.5 Å². The predicted molar refractivity (Wildman–Crippen MR) is 71.6 cm³/mol. The van der Waals surface area contributed by atoms with E-state index in [4.69, 9.17) is 21.9 Å². The minimum Gasteiger partial charge on any atom is -0.448 e. The van der Waals surface area contributed by atoms with Crippen LogP contribution in [-0.2, 0) is 6.42 Å². The first kappa shape index (κ1) is 13.5. The van der Waals surface area contributed by atoms with Crippen LogP contribution < -0.4 is 11.3 Å². The molecule has 1 heterocycles. The molecule has 3 N–H and O–H groups in total. The molecule has 1 aromatic heterocycles.